The largest absolute Gasteiger partial charge is 0.481 e. The van der Waals surface area contributed by atoms with Gasteiger partial charge >= 0.3 is 5.97 Å². The molecule has 2 nitrogen and oxygen atoms in total. The van der Waals surface area contributed by atoms with Gasteiger partial charge in [0, 0.05) is 10.0 Å². The van der Waals surface area contributed by atoms with Crippen molar-refractivity contribution in [3.8, 4) is 0 Å². The Hall–Kier alpha value is -0.730. The Morgan fingerprint density at radius 3 is 2.36 bits per heavy atom. The van der Waals surface area contributed by atoms with Crippen LogP contribution in [0.25, 0.3) is 0 Å². The van der Waals surface area contributed by atoms with Crippen LogP contribution in [0.1, 0.15) is 12.5 Å². The summed E-state index contributed by atoms with van der Waals surface area (Å²) in [5.74, 6) is -1.33. The minimum Gasteiger partial charge on any atom is -0.481 e. The van der Waals surface area contributed by atoms with Crippen LogP contribution in [0.2, 0.25) is 10.0 Å². The molecule has 76 valence electrons. The minimum atomic E-state index is -0.846. The van der Waals surface area contributed by atoms with Crippen molar-refractivity contribution in [2.45, 2.75) is 13.3 Å². The first-order valence-corrected chi connectivity index (χ1v) is 4.93. The molecule has 0 unspecified atom stereocenters. The Bertz CT molecular complexity index is 330. The highest BCUT2D eigenvalue weighted by Crippen LogP contribution is 2.26. The summed E-state index contributed by atoms with van der Waals surface area (Å²) in [5, 5.41) is 9.78. The molecule has 1 rings (SSSR count). The van der Waals surface area contributed by atoms with E-state index in [0.717, 1.165) is 0 Å². The maximum absolute atomic E-state index is 10.6. The summed E-state index contributed by atoms with van der Waals surface area (Å²) in [6, 6.07) is 5.15. The quantitative estimate of drug-likeness (QED) is 0.869. The van der Waals surface area contributed by atoms with E-state index >= 15 is 0 Å². The number of hydrogen-bond acceptors (Lipinski definition) is 1. The van der Waals surface area contributed by atoms with Gasteiger partial charge in [-0.15, -0.1) is 0 Å². The van der Waals surface area contributed by atoms with Gasteiger partial charge in [-0.2, -0.15) is 0 Å². The van der Waals surface area contributed by atoms with Gasteiger partial charge in [0.05, 0.1) is 5.92 Å². The van der Waals surface area contributed by atoms with Gasteiger partial charge in [-0.1, -0.05) is 36.2 Å². The third-order valence-corrected chi connectivity index (χ3v) is 2.70. The van der Waals surface area contributed by atoms with Crippen molar-refractivity contribution in [2.24, 2.45) is 5.92 Å². The summed E-state index contributed by atoms with van der Waals surface area (Å²) >= 11 is 11.8. The third-order valence-electron chi connectivity index (χ3n) is 1.99. The van der Waals surface area contributed by atoms with Crippen molar-refractivity contribution in [2.75, 3.05) is 0 Å². The van der Waals surface area contributed by atoms with E-state index < -0.39 is 11.9 Å². The molecule has 0 aromatic heterocycles. The molecular formula is C10H10Cl2O2. The van der Waals surface area contributed by atoms with Crippen molar-refractivity contribution in [3.63, 3.8) is 0 Å². The third kappa shape index (κ3) is 2.63. The lowest BCUT2D eigenvalue weighted by Crippen LogP contribution is -2.12. The number of carboxylic acid groups (broad SMARTS) is 1. The zero-order valence-corrected chi connectivity index (χ0v) is 9.14. The van der Waals surface area contributed by atoms with Crippen molar-refractivity contribution in [3.05, 3.63) is 33.8 Å². The highest BCUT2D eigenvalue weighted by Gasteiger charge is 2.15. The number of carbonyl (C=O) groups is 1. The Morgan fingerprint density at radius 1 is 1.43 bits per heavy atom. The monoisotopic (exact) mass is 232 g/mol. The molecule has 1 N–H and O–H groups in total. The van der Waals surface area contributed by atoms with Crippen molar-refractivity contribution >= 4 is 29.2 Å². The lowest BCUT2D eigenvalue weighted by Gasteiger charge is -2.09. The first-order chi connectivity index (χ1) is 6.52. The van der Waals surface area contributed by atoms with Crippen molar-refractivity contribution < 1.29 is 9.90 Å². The van der Waals surface area contributed by atoms with Crippen LogP contribution in [0.4, 0.5) is 0 Å². The highest BCUT2D eigenvalue weighted by molar-refractivity contribution is 6.36. The van der Waals surface area contributed by atoms with Gasteiger partial charge in [0.2, 0.25) is 0 Å². The van der Waals surface area contributed by atoms with Crippen LogP contribution in [0, 0.1) is 5.92 Å². The predicted octanol–water partition coefficient (Wildman–Crippen LogP) is 3.26. The van der Waals surface area contributed by atoms with Crippen LogP contribution in [-0.4, -0.2) is 11.1 Å². The first kappa shape index (κ1) is 11.3. The molecule has 1 aromatic carbocycles. The van der Waals surface area contributed by atoms with E-state index in [1.807, 2.05) is 0 Å². The van der Waals surface area contributed by atoms with Crippen molar-refractivity contribution in [1.29, 1.82) is 0 Å². The maximum Gasteiger partial charge on any atom is 0.306 e. The summed E-state index contributed by atoms with van der Waals surface area (Å²) in [6.07, 6.45) is 0.355. The fraction of sp³-hybridized carbons (Fsp3) is 0.300. The van der Waals surface area contributed by atoms with Crippen LogP contribution in [-0.2, 0) is 11.2 Å². The van der Waals surface area contributed by atoms with Gasteiger partial charge in [-0.05, 0) is 24.1 Å². The van der Waals surface area contributed by atoms with E-state index in [1.54, 1.807) is 25.1 Å². The van der Waals surface area contributed by atoms with Crippen molar-refractivity contribution in [1.82, 2.24) is 0 Å². The molecule has 0 amide bonds. The van der Waals surface area contributed by atoms with Crippen LogP contribution in [0.5, 0.6) is 0 Å². The van der Waals surface area contributed by atoms with Gasteiger partial charge < -0.3 is 5.11 Å². The zero-order chi connectivity index (χ0) is 10.7. The molecule has 0 bridgehead atoms. The van der Waals surface area contributed by atoms with E-state index in [2.05, 4.69) is 0 Å². The summed E-state index contributed by atoms with van der Waals surface area (Å²) in [5.41, 5.74) is 0.700. The van der Waals surface area contributed by atoms with E-state index in [1.165, 1.54) is 0 Å². The molecule has 14 heavy (non-hydrogen) atoms. The predicted molar refractivity (Wildman–Crippen MR) is 57.0 cm³/mol. The Kier molecular flexibility index (Phi) is 3.78. The molecule has 0 aliphatic rings. The lowest BCUT2D eigenvalue weighted by atomic mass is 10.0. The van der Waals surface area contributed by atoms with Gasteiger partial charge in [0.25, 0.3) is 0 Å². The van der Waals surface area contributed by atoms with Gasteiger partial charge in [0.15, 0.2) is 0 Å². The Balaban J connectivity index is 2.91. The molecule has 1 atom stereocenters. The maximum atomic E-state index is 10.6. The molecule has 0 saturated carbocycles. The smallest absolute Gasteiger partial charge is 0.306 e. The van der Waals surface area contributed by atoms with Gasteiger partial charge in [-0.25, -0.2) is 0 Å². The average Bonchev–Trinajstić information content (AvgIpc) is 2.11. The molecule has 0 heterocycles. The summed E-state index contributed by atoms with van der Waals surface area (Å²) in [6.45, 7) is 1.63. The molecule has 0 fully saturated rings. The van der Waals surface area contributed by atoms with E-state index in [9.17, 15) is 4.79 Å². The molecular weight excluding hydrogens is 223 g/mol. The Morgan fingerprint density at radius 2 is 1.93 bits per heavy atom. The van der Waals surface area contributed by atoms with Gasteiger partial charge in [-0.3, -0.25) is 4.79 Å². The first-order valence-electron chi connectivity index (χ1n) is 4.18. The second kappa shape index (κ2) is 4.67. The SMILES string of the molecule is C[C@@H](Cc1c(Cl)cccc1Cl)C(=O)O. The van der Waals surface area contributed by atoms with E-state index in [4.69, 9.17) is 28.3 Å². The summed E-state index contributed by atoms with van der Waals surface area (Å²) < 4.78 is 0. The normalized spacial score (nSPS) is 12.5. The standard InChI is InChI=1S/C10H10Cl2O2/c1-6(10(13)14)5-7-8(11)3-2-4-9(7)12/h2-4,6H,5H2,1H3,(H,13,14)/t6-/m0/s1. The fourth-order valence-electron chi connectivity index (χ4n) is 1.12. The number of rotatable bonds is 3. The second-order valence-electron chi connectivity index (χ2n) is 3.14. The summed E-state index contributed by atoms with van der Waals surface area (Å²) in [7, 11) is 0. The number of benzene rings is 1. The van der Waals surface area contributed by atoms with E-state index in [-0.39, 0.29) is 0 Å². The molecule has 0 aliphatic heterocycles. The number of aliphatic carboxylic acids is 1. The van der Waals surface area contributed by atoms with Crippen LogP contribution in [0.3, 0.4) is 0 Å². The number of halogens is 2. The minimum absolute atomic E-state index is 0.355. The molecule has 0 aliphatic carbocycles. The molecule has 1 aromatic rings. The second-order valence-corrected chi connectivity index (χ2v) is 3.96. The lowest BCUT2D eigenvalue weighted by molar-refractivity contribution is -0.141. The zero-order valence-electron chi connectivity index (χ0n) is 7.63. The molecule has 4 heteroatoms. The molecule has 0 spiro atoms. The Labute approximate surface area is 92.5 Å². The fourth-order valence-corrected chi connectivity index (χ4v) is 1.67. The topological polar surface area (TPSA) is 37.3 Å². The van der Waals surface area contributed by atoms with E-state index in [0.29, 0.717) is 22.0 Å². The van der Waals surface area contributed by atoms with Crippen LogP contribution in [0.15, 0.2) is 18.2 Å². The van der Waals surface area contributed by atoms with Crippen LogP contribution < -0.4 is 0 Å². The summed E-state index contributed by atoms with van der Waals surface area (Å²) in [4.78, 5) is 10.6. The average molecular weight is 233 g/mol. The molecule has 0 radical (unpaired) electrons. The van der Waals surface area contributed by atoms with Gasteiger partial charge in [0.1, 0.15) is 0 Å². The molecule has 0 saturated heterocycles. The number of hydrogen-bond donors (Lipinski definition) is 1. The number of carboxylic acids is 1. The highest BCUT2D eigenvalue weighted by atomic mass is 35.5. The van der Waals surface area contributed by atoms with Crippen LogP contribution >= 0.6 is 23.2 Å².